The fourth-order valence-corrected chi connectivity index (χ4v) is 0.989. The van der Waals surface area contributed by atoms with Crippen LogP contribution in [0.4, 0.5) is 0 Å². The lowest BCUT2D eigenvalue weighted by atomic mass is 10.4. The smallest absolute Gasteiger partial charge is 0.176 e. The van der Waals surface area contributed by atoms with Crippen molar-refractivity contribution in [1.82, 2.24) is 0 Å². The normalized spacial score (nSPS) is 11.7. The predicted octanol–water partition coefficient (Wildman–Crippen LogP) is 1.95. The molecule has 0 rings (SSSR count). The van der Waals surface area contributed by atoms with Gasteiger partial charge >= 0.3 is 0 Å². The van der Waals surface area contributed by atoms with E-state index in [0.717, 1.165) is 6.42 Å². The number of rotatable bonds is 10. The number of methoxy groups -OCH3 is 1. The lowest BCUT2D eigenvalue weighted by Gasteiger charge is -2.12. The maximum Gasteiger partial charge on any atom is 0.176 e. The van der Waals surface area contributed by atoms with Gasteiger partial charge in [0.2, 0.25) is 0 Å². The summed E-state index contributed by atoms with van der Waals surface area (Å²) < 4.78 is 20.6. The summed E-state index contributed by atoms with van der Waals surface area (Å²) in [5.74, 6) is 0. The Bertz CT molecular complexity index is 142. The van der Waals surface area contributed by atoms with E-state index >= 15 is 0 Å². The van der Waals surface area contributed by atoms with E-state index in [4.69, 9.17) is 18.9 Å². The van der Waals surface area contributed by atoms with Crippen molar-refractivity contribution in [2.45, 2.75) is 26.6 Å². The summed E-state index contributed by atoms with van der Waals surface area (Å²) in [4.78, 5) is 0. The van der Waals surface area contributed by atoms with Crippen molar-refractivity contribution in [1.29, 1.82) is 0 Å². The van der Waals surface area contributed by atoms with Gasteiger partial charge in [0, 0.05) is 20.3 Å². The average molecular weight is 218 g/mol. The minimum atomic E-state index is -0.234. The molecule has 0 atom stereocenters. The van der Waals surface area contributed by atoms with Gasteiger partial charge in [-0.3, -0.25) is 0 Å². The van der Waals surface area contributed by atoms with Crippen LogP contribution < -0.4 is 0 Å². The molecule has 0 bridgehead atoms. The zero-order chi connectivity index (χ0) is 11.4. The SMILES string of the molecule is CCOC(/C=C\CCOCOC)OCC. The van der Waals surface area contributed by atoms with Crippen LogP contribution in [0.3, 0.4) is 0 Å². The molecular weight excluding hydrogens is 196 g/mol. The van der Waals surface area contributed by atoms with Gasteiger partial charge < -0.3 is 18.9 Å². The molecule has 0 N–H and O–H groups in total. The van der Waals surface area contributed by atoms with E-state index in [1.165, 1.54) is 0 Å². The molecule has 0 aliphatic rings. The van der Waals surface area contributed by atoms with Crippen molar-refractivity contribution in [3.63, 3.8) is 0 Å². The Balaban J connectivity index is 3.50. The summed E-state index contributed by atoms with van der Waals surface area (Å²) in [5, 5.41) is 0. The standard InChI is InChI=1S/C11H22O4/c1-4-14-11(15-5-2)8-6-7-9-13-10-12-3/h6,8,11H,4-5,7,9-10H2,1-3H3/b8-6-. The summed E-state index contributed by atoms with van der Waals surface area (Å²) in [6.45, 7) is 6.18. The monoisotopic (exact) mass is 218 g/mol. The van der Waals surface area contributed by atoms with E-state index in [-0.39, 0.29) is 6.29 Å². The van der Waals surface area contributed by atoms with Crippen LogP contribution in [0.5, 0.6) is 0 Å². The Morgan fingerprint density at radius 1 is 1.13 bits per heavy atom. The summed E-state index contributed by atoms with van der Waals surface area (Å²) in [7, 11) is 1.61. The Kier molecular flexibility index (Phi) is 11.3. The molecule has 0 aromatic rings. The van der Waals surface area contributed by atoms with E-state index in [9.17, 15) is 0 Å². The molecule has 0 spiro atoms. The van der Waals surface area contributed by atoms with Crippen molar-refractivity contribution >= 4 is 0 Å². The number of ether oxygens (including phenoxy) is 4. The van der Waals surface area contributed by atoms with Gasteiger partial charge in [-0.1, -0.05) is 6.08 Å². The minimum absolute atomic E-state index is 0.234. The molecule has 4 heteroatoms. The molecule has 90 valence electrons. The summed E-state index contributed by atoms with van der Waals surface area (Å²) in [5.41, 5.74) is 0. The third-order valence-corrected chi connectivity index (χ3v) is 1.59. The van der Waals surface area contributed by atoms with E-state index in [1.807, 2.05) is 26.0 Å². The lowest BCUT2D eigenvalue weighted by Crippen LogP contribution is -2.14. The highest BCUT2D eigenvalue weighted by molar-refractivity contribution is 4.85. The van der Waals surface area contributed by atoms with E-state index < -0.39 is 0 Å². The van der Waals surface area contributed by atoms with Crippen LogP contribution in [0, 0.1) is 0 Å². The Morgan fingerprint density at radius 3 is 2.33 bits per heavy atom. The summed E-state index contributed by atoms with van der Waals surface area (Å²) in [6.07, 6.45) is 4.50. The van der Waals surface area contributed by atoms with Crippen LogP contribution in [-0.4, -0.2) is 40.0 Å². The predicted molar refractivity (Wildman–Crippen MR) is 58.6 cm³/mol. The molecule has 0 radical (unpaired) electrons. The van der Waals surface area contributed by atoms with Gasteiger partial charge in [0.15, 0.2) is 6.29 Å². The third-order valence-electron chi connectivity index (χ3n) is 1.59. The molecule has 0 unspecified atom stereocenters. The maximum atomic E-state index is 5.34. The molecule has 4 nitrogen and oxygen atoms in total. The number of hydrogen-bond acceptors (Lipinski definition) is 4. The van der Waals surface area contributed by atoms with E-state index in [0.29, 0.717) is 26.6 Å². The van der Waals surface area contributed by atoms with Gasteiger partial charge in [-0.2, -0.15) is 0 Å². The van der Waals surface area contributed by atoms with Crippen LogP contribution in [0.15, 0.2) is 12.2 Å². The first-order valence-electron chi connectivity index (χ1n) is 5.31. The van der Waals surface area contributed by atoms with Crippen LogP contribution >= 0.6 is 0 Å². The second-order valence-electron chi connectivity index (χ2n) is 2.81. The van der Waals surface area contributed by atoms with Crippen molar-refractivity contribution in [3.05, 3.63) is 12.2 Å². The second-order valence-corrected chi connectivity index (χ2v) is 2.81. The molecule has 0 amide bonds. The topological polar surface area (TPSA) is 36.9 Å². The fraction of sp³-hybridized carbons (Fsp3) is 0.818. The zero-order valence-corrected chi connectivity index (χ0v) is 9.90. The maximum absolute atomic E-state index is 5.34. The van der Waals surface area contributed by atoms with Gasteiger partial charge in [0.25, 0.3) is 0 Å². The molecule has 0 aliphatic carbocycles. The summed E-state index contributed by atoms with van der Waals surface area (Å²) >= 11 is 0. The first-order chi connectivity index (χ1) is 7.35. The van der Waals surface area contributed by atoms with E-state index in [2.05, 4.69) is 0 Å². The minimum Gasteiger partial charge on any atom is -0.359 e. The van der Waals surface area contributed by atoms with Crippen LogP contribution in [0.1, 0.15) is 20.3 Å². The van der Waals surface area contributed by atoms with Crippen molar-refractivity contribution < 1.29 is 18.9 Å². The molecule has 15 heavy (non-hydrogen) atoms. The van der Waals surface area contributed by atoms with Gasteiger partial charge in [-0.15, -0.1) is 0 Å². The van der Waals surface area contributed by atoms with Crippen LogP contribution in [0.25, 0.3) is 0 Å². The van der Waals surface area contributed by atoms with Gasteiger partial charge in [-0.25, -0.2) is 0 Å². The van der Waals surface area contributed by atoms with Crippen molar-refractivity contribution in [3.8, 4) is 0 Å². The van der Waals surface area contributed by atoms with Crippen LogP contribution in [0.2, 0.25) is 0 Å². The molecule has 0 aromatic carbocycles. The highest BCUT2D eigenvalue weighted by atomic mass is 16.7. The van der Waals surface area contributed by atoms with Gasteiger partial charge in [-0.05, 0) is 26.3 Å². The zero-order valence-electron chi connectivity index (χ0n) is 9.90. The quantitative estimate of drug-likeness (QED) is 0.319. The Morgan fingerprint density at radius 2 is 1.80 bits per heavy atom. The molecule has 0 saturated heterocycles. The first kappa shape index (κ1) is 14.6. The molecule has 0 aromatic heterocycles. The lowest BCUT2D eigenvalue weighted by molar-refractivity contribution is -0.104. The van der Waals surface area contributed by atoms with Gasteiger partial charge in [0.1, 0.15) is 6.79 Å². The second kappa shape index (κ2) is 11.7. The Hall–Kier alpha value is -0.420. The fourth-order valence-electron chi connectivity index (χ4n) is 0.989. The van der Waals surface area contributed by atoms with Crippen molar-refractivity contribution in [2.24, 2.45) is 0 Å². The summed E-state index contributed by atoms with van der Waals surface area (Å²) in [6, 6.07) is 0. The van der Waals surface area contributed by atoms with E-state index in [1.54, 1.807) is 7.11 Å². The molecule has 0 fully saturated rings. The molecule has 0 aliphatic heterocycles. The third kappa shape index (κ3) is 9.87. The van der Waals surface area contributed by atoms with Crippen LogP contribution in [-0.2, 0) is 18.9 Å². The average Bonchev–Trinajstić information content (AvgIpc) is 2.24. The van der Waals surface area contributed by atoms with Crippen molar-refractivity contribution in [2.75, 3.05) is 33.7 Å². The molecule has 0 saturated carbocycles. The first-order valence-corrected chi connectivity index (χ1v) is 5.31. The largest absolute Gasteiger partial charge is 0.359 e. The molecular formula is C11H22O4. The highest BCUT2D eigenvalue weighted by Crippen LogP contribution is 1.98. The Labute approximate surface area is 92.2 Å². The highest BCUT2D eigenvalue weighted by Gasteiger charge is 2.00. The van der Waals surface area contributed by atoms with Gasteiger partial charge in [0.05, 0.1) is 6.61 Å². The number of hydrogen-bond donors (Lipinski definition) is 0. The molecule has 0 heterocycles.